The van der Waals surface area contributed by atoms with Crippen LogP contribution in [0.2, 0.25) is 0 Å². The molecule has 0 saturated heterocycles. The Morgan fingerprint density at radius 1 is 0.909 bits per heavy atom. The summed E-state index contributed by atoms with van der Waals surface area (Å²) in [5.41, 5.74) is -2.67. The summed E-state index contributed by atoms with van der Waals surface area (Å²) in [7, 11) is 0. The topological polar surface area (TPSA) is 152 Å². The standard InChI is InChI=1S/C14H24O8/c1-2-3-4-5-6-14(13(21)22,11(19)9(17)7-15)12(20)10(18)8-16/h9-10,15-18H,2-8H2,1H3,(H,21,22). The van der Waals surface area contributed by atoms with Crippen LogP contribution in [0.15, 0.2) is 0 Å². The first-order valence-corrected chi connectivity index (χ1v) is 7.19. The highest BCUT2D eigenvalue weighted by molar-refractivity contribution is 6.24. The molecular weight excluding hydrogens is 296 g/mol. The Kier molecular flexibility index (Phi) is 9.03. The Balaban J connectivity index is 5.60. The molecule has 8 heteroatoms. The number of hydrogen-bond acceptors (Lipinski definition) is 7. The summed E-state index contributed by atoms with van der Waals surface area (Å²) in [5.74, 6) is -4.56. The summed E-state index contributed by atoms with van der Waals surface area (Å²) in [6.45, 7) is -0.150. The molecule has 2 atom stereocenters. The highest BCUT2D eigenvalue weighted by atomic mass is 16.4. The number of carbonyl (C=O) groups is 3. The second-order valence-electron chi connectivity index (χ2n) is 5.15. The van der Waals surface area contributed by atoms with E-state index in [0.29, 0.717) is 6.42 Å². The molecule has 0 amide bonds. The number of Topliss-reactive ketones (excluding diaryl/α,β-unsaturated/α-hetero) is 2. The molecule has 0 bridgehead atoms. The molecule has 0 rings (SSSR count). The van der Waals surface area contributed by atoms with E-state index in [9.17, 15) is 29.7 Å². The molecule has 0 radical (unpaired) electrons. The zero-order valence-electron chi connectivity index (χ0n) is 12.6. The Morgan fingerprint density at radius 2 is 1.36 bits per heavy atom. The zero-order chi connectivity index (χ0) is 17.3. The van der Waals surface area contributed by atoms with Crippen LogP contribution in [0.25, 0.3) is 0 Å². The van der Waals surface area contributed by atoms with Crippen molar-refractivity contribution in [3.8, 4) is 0 Å². The normalized spacial score (nSPS) is 16.6. The predicted octanol–water partition coefficient (Wildman–Crippen LogP) is -1.13. The van der Waals surface area contributed by atoms with Gasteiger partial charge in [-0.25, -0.2) is 0 Å². The van der Waals surface area contributed by atoms with E-state index in [1.54, 1.807) is 0 Å². The highest BCUT2D eigenvalue weighted by Gasteiger charge is 2.55. The van der Waals surface area contributed by atoms with Crippen molar-refractivity contribution in [2.45, 2.75) is 51.2 Å². The van der Waals surface area contributed by atoms with Crippen LogP contribution in [-0.4, -0.2) is 68.5 Å². The third-order valence-electron chi connectivity index (χ3n) is 3.56. The Bertz CT molecular complexity index is 370. The predicted molar refractivity (Wildman–Crippen MR) is 75.0 cm³/mol. The van der Waals surface area contributed by atoms with Crippen molar-refractivity contribution in [1.82, 2.24) is 0 Å². The Hall–Kier alpha value is -1.35. The van der Waals surface area contributed by atoms with Gasteiger partial charge in [0.1, 0.15) is 12.2 Å². The van der Waals surface area contributed by atoms with Crippen LogP contribution in [-0.2, 0) is 14.4 Å². The smallest absolute Gasteiger partial charge is 0.325 e. The molecule has 22 heavy (non-hydrogen) atoms. The van der Waals surface area contributed by atoms with Gasteiger partial charge in [-0.1, -0.05) is 32.6 Å². The largest absolute Gasteiger partial charge is 0.480 e. The van der Waals surface area contributed by atoms with E-state index in [4.69, 9.17) is 10.2 Å². The van der Waals surface area contributed by atoms with Crippen molar-refractivity contribution in [2.24, 2.45) is 5.41 Å². The molecule has 2 unspecified atom stereocenters. The third-order valence-corrected chi connectivity index (χ3v) is 3.56. The maximum atomic E-state index is 12.2. The first-order valence-electron chi connectivity index (χ1n) is 7.19. The van der Waals surface area contributed by atoms with Gasteiger partial charge in [-0.3, -0.25) is 14.4 Å². The number of carbonyl (C=O) groups excluding carboxylic acids is 2. The summed E-state index contributed by atoms with van der Waals surface area (Å²) in [6.07, 6.45) is -2.10. The van der Waals surface area contributed by atoms with Gasteiger partial charge in [0.05, 0.1) is 13.2 Å². The Labute approximate surface area is 128 Å². The van der Waals surface area contributed by atoms with Crippen LogP contribution < -0.4 is 0 Å². The molecule has 5 N–H and O–H groups in total. The molecule has 0 aromatic carbocycles. The van der Waals surface area contributed by atoms with Crippen molar-refractivity contribution in [2.75, 3.05) is 13.2 Å². The maximum Gasteiger partial charge on any atom is 0.325 e. The van der Waals surface area contributed by atoms with Gasteiger partial charge in [-0.05, 0) is 6.42 Å². The zero-order valence-corrected chi connectivity index (χ0v) is 12.6. The number of hydrogen-bond donors (Lipinski definition) is 5. The lowest BCUT2D eigenvalue weighted by Crippen LogP contribution is -2.55. The number of aliphatic carboxylic acids is 1. The summed E-state index contributed by atoms with van der Waals surface area (Å²) < 4.78 is 0. The average Bonchev–Trinajstić information content (AvgIpc) is 2.52. The molecule has 0 aliphatic heterocycles. The SMILES string of the molecule is CCCCCCC(C(=O)O)(C(=O)C(O)CO)C(=O)C(O)CO. The van der Waals surface area contributed by atoms with Crippen LogP contribution in [0.1, 0.15) is 39.0 Å². The minimum absolute atomic E-state index is 0.216. The summed E-state index contributed by atoms with van der Waals surface area (Å²) in [5, 5.41) is 46.0. The minimum atomic E-state index is -2.67. The van der Waals surface area contributed by atoms with E-state index in [0.717, 1.165) is 12.8 Å². The number of carboxylic acids is 1. The van der Waals surface area contributed by atoms with E-state index < -0.39 is 54.8 Å². The molecule has 0 aromatic rings. The van der Waals surface area contributed by atoms with Gasteiger partial charge in [-0.2, -0.15) is 0 Å². The molecule has 0 aliphatic rings. The molecule has 0 spiro atoms. The minimum Gasteiger partial charge on any atom is -0.480 e. The van der Waals surface area contributed by atoms with Crippen molar-refractivity contribution >= 4 is 17.5 Å². The molecular formula is C14H24O8. The molecule has 128 valence electrons. The fourth-order valence-electron chi connectivity index (χ4n) is 2.24. The van der Waals surface area contributed by atoms with E-state index in [2.05, 4.69) is 0 Å². The van der Waals surface area contributed by atoms with Gasteiger partial charge in [-0.15, -0.1) is 0 Å². The molecule has 0 fully saturated rings. The maximum absolute atomic E-state index is 12.2. The first-order chi connectivity index (χ1) is 10.3. The van der Waals surface area contributed by atoms with Crippen LogP contribution in [0.5, 0.6) is 0 Å². The molecule has 0 aromatic heterocycles. The van der Waals surface area contributed by atoms with E-state index >= 15 is 0 Å². The average molecular weight is 320 g/mol. The van der Waals surface area contributed by atoms with E-state index in [1.165, 1.54) is 0 Å². The van der Waals surface area contributed by atoms with Crippen LogP contribution in [0.3, 0.4) is 0 Å². The van der Waals surface area contributed by atoms with Gasteiger partial charge < -0.3 is 25.5 Å². The van der Waals surface area contributed by atoms with Crippen LogP contribution in [0, 0.1) is 5.41 Å². The van der Waals surface area contributed by atoms with Gasteiger partial charge >= 0.3 is 5.97 Å². The van der Waals surface area contributed by atoms with Gasteiger partial charge in [0.2, 0.25) is 0 Å². The quantitative estimate of drug-likeness (QED) is 0.224. The lowest BCUT2D eigenvalue weighted by atomic mass is 9.71. The van der Waals surface area contributed by atoms with E-state index in [1.807, 2.05) is 6.92 Å². The lowest BCUT2D eigenvalue weighted by molar-refractivity contribution is -0.168. The summed E-state index contributed by atoms with van der Waals surface area (Å²) in [4.78, 5) is 35.9. The van der Waals surface area contributed by atoms with Crippen LogP contribution in [0.4, 0.5) is 0 Å². The monoisotopic (exact) mass is 320 g/mol. The molecule has 8 nitrogen and oxygen atoms in total. The lowest BCUT2D eigenvalue weighted by Gasteiger charge is -2.29. The molecule has 0 saturated carbocycles. The van der Waals surface area contributed by atoms with Crippen molar-refractivity contribution in [3.05, 3.63) is 0 Å². The van der Waals surface area contributed by atoms with Crippen LogP contribution >= 0.6 is 0 Å². The number of aliphatic hydroxyl groups excluding tert-OH is 4. The fourth-order valence-corrected chi connectivity index (χ4v) is 2.24. The second-order valence-corrected chi connectivity index (χ2v) is 5.15. The summed E-state index contributed by atoms with van der Waals surface area (Å²) >= 11 is 0. The van der Waals surface area contributed by atoms with Crippen molar-refractivity contribution < 1.29 is 39.9 Å². The van der Waals surface area contributed by atoms with Crippen molar-refractivity contribution in [1.29, 1.82) is 0 Å². The molecule has 0 aliphatic carbocycles. The third kappa shape index (κ3) is 4.57. The number of aliphatic hydroxyl groups is 4. The first kappa shape index (κ1) is 20.6. The second kappa shape index (κ2) is 9.62. The number of carboxylic acid groups (broad SMARTS) is 1. The van der Waals surface area contributed by atoms with Crippen molar-refractivity contribution in [3.63, 3.8) is 0 Å². The van der Waals surface area contributed by atoms with E-state index in [-0.39, 0.29) is 6.42 Å². The van der Waals surface area contributed by atoms with Gasteiger partial charge in [0, 0.05) is 0 Å². The highest BCUT2D eigenvalue weighted by Crippen LogP contribution is 2.31. The van der Waals surface area contributed by atoms with Gasteiger partial charge in [0.25, 0.3) is 0 Å². The number of rotatable bonds is 12. The molecule has 0 heterocycles. The fraction of sp³-hybridized carbons (Fsp3) is 0.786. The number of ketones is 2. The summed E-state index contributed by atoms with van der Waals surface area (Å²) in [6, 6.07) is 0. The van der Waals surface area contributed by atoms with Gasteiger partial charge in [0.15, 0.2) is 17.0 Å². The Morgan fingerprint density at radius 3 is 1.68 bits per heavy atom. The number of unbranched alkanes of at least 4 members (excludes halogenated alkanes) is 3.